The van der Waals surface area contributed by atoms with Crippen LogP contribution in [-0.2, 0) is 0 Å². The zero-order valence-corrected chi connectivity index (χ0v) is 28.6. The highest BCUT2D eigenvalue weighted by molar-refractivity contribution is 6.36. The minimum atomic E-state index is 0.703. The Kier molecular flexibility index (Phi) is 5.77. The fourth-order valence-corrected chi connectivity index (χ4v) is 9.05. The highest BCUT2D eigenvalue weighted by Gasteiger charge is 2.24. The molecule has 0 saturated heterocycles. The maximum absolute atomic E-state index is 5.48. The van der Waals surface area contributed by atoms with E-state index in [1.54, 1.807) is 0 Å². The quantitative estimate of drug-likeness (QED) is 0.175. The molecule has 3 nitrogen and oxygen atoms in total. The van der Waals surface area contributed by atoms with Crippen molar-refractivity contribution in [2.24, 2.45) is 0 Å². The minimum absolute atomic E-state index is 0.703. The summed E-state index contributed by atoms with van der Waals surface area (Å²) >= 11 is 0. The standard InChI is InChI=1S/C50H29N3/c1-2-13-31(14-3-1)43-29-45(52-50(51-43)33-25-26-35-36-21-10-15-32-16-11-22-38(46(32)36)42(35)28-33)53-44-23-9-8-20-40(44)48-41-27-24-30-12-4-5-17-34(30)47(41)37-18-6-7-19-39(37)49(48)53/h1-29H. The van der Waals surface area contributed by atoms with E-state index in [9.17, 15) is 0 Å². The van der Waals surface area contributed by atoms with Crippen molar-refractivity contribution in [2.75, 3.05) is 0 Å². The summed E-state index contributed by atoms with van der Waals surface area (Å²) in [5, 5.41) is 12.5. The Balaban J connectivity index is 1.19. The van der Waals surface area contributed by atoms with Gasteiger partial charge in [0, 0.05) is 33.4 Å². The van der Waals surface area contributed by atoms with Gasteiger partial charge in [-0.05, 0) is 72.1 Å². The van der Waals surface area contributed by atoms with Gasteiger partial charge in [0.25, 0.3) is 0 Å². The summed E-state index contributed by atoms with van der Waals surface area (Å²) in [6.07, 6.45) is 0. The Morgan fingerprint density at radius 2 is 1.06 bits per heavy atom. The van der Waals surface area contributed by atoms with Gasteiger partial charge in [0.15, 0.2) is 5.82 Å². The van der Waals surface area contributed by atoms with Gasteiger partial charge >= 0.3 is 0 Å². The summed E-state index contributed by atoms with van der Waals surface area (Å²) in [7, 11) is 0. The Labute approximate surface area is 305 Å². The molecule has 0 saturated carbocycles. The van der Waals surface area contributed by atoms with Crippen LogP contribution in [0.3, 0.4) is 0 Å². The highest BCUT2D eigenvalue weighted by Crippen LogP contribution is 2.49. The average molecular weight is 672 g/mol. The molecule has 1 aliphatic rings. The monoisotopic (exact) mass is 671 g/mol. The number of nitrogens with zero attached hydrogens (tertiary/aromatic N) is 3. The molecule has 0 radical (unpaired) electrons. The van der Waals surface area contributed by atoms with E-state index in [2.05, 4.69) is 180 Å². The molecule has 244 valence electrons. The summed E-state index contributed by atoms with van der Waals surface area (Å²) in [5.74, 6) is 1.55. The summed E-state index contributed by atoms with van der Waals surface area (Å²) in [4.78, 5) is 10.8. The topological polar surface area (TPSA) is 30.7 Å². The lowest BCUT2D eigenvalue weighted by molar-refractivity contribution is 1.05. The van der Waals surface area contributed by atoms with E-state index in [1.807, 2.05) is 0 Å². The fourth-order valence-electron chi connectivity index (χ4n) is 9.05. The Morgan fingerprint density at radius 1 is 0.358 bits per heavy atom. The molecular formula is C50H29N3. The maximum Gasteiger partial charge on any atom is 0.162 e. The van der Waals surface area contributed by atoms with Crippen LogP contribution in [0.15, 0.2) is 176 Å². The van der Waals surface area contributed by atoms with Crippen molar-refractivity contribution in [3.8, 4) is 50.7 Å². The molecule has 0 fully saturated rings. The normalized spacial score (nSPS) is 12.2. The number of hydrogen-bond acceptors (Lipinski definition) is 2. The summed E-state index contributed by atoms with van der Waals surface area (Å²) in [6.45, 7) is 0. The van der Waals surface area contributed by atoms with Crippen LogP contribution >= 0.6 is 0 Å². The van der Waals surface area contributed by atoms with Gasteiger partial charge in [0.1, 0.15) is 5.82 Å². The van der Waals surface area contributed by atoms with Gasteiger partial charge in [0.2, 0.25) is 0 Å². The van der Waals surface area contributed by atoms with Crippen molar-refractivity contribution in [1.82, 2.24) is 14.5 Å². The second-order valence-corrected chi connectivity index (χ2v) is 14.1. The second kappa shape index (κ2) is 10.7. The number of fused-ring (bicyclic) bond motifs is 13. The van der Waals surface area contributed by atoms with E-state index < -0.39 is 0 Å². The van der Waals surface area contributed by atoms with E-state index in [-0.39, 0.29) is 0 Å². The SMILES string of the molecule is c1ccc(-c2cc(-n3c4ccccc4c4c5ccc6ccccc6c5c5ccccc5c43)nc(-c3ccc4c(c3)-c3cccc5cccc-4c35)n2)cc1. The van der Waals surface area contributed by atoms with E-state index in [0.29, 0.717) is 5.82 Å². The molecule has 9 aromatic carbocycles. The molecule has 3 heteroatoms. The Morgan fingerprint density at radius 3 is 1.91 bits per heavy atom. The smallest absolute Gasteiger partial charge is 0.162 e. The number of hydrogen-bond donors (Lipinski definition) is 0. The molecule has 0 atom stereocenters. The van der Waals surface area contributed by atoms with Crippen LogP contribution in [-0.4, -0.2) is 14.5 Å². The largest absolute Gasteiger partial charge is 0.293 e. The third kappa shape index (κ3) is 3.99. The number of benzene rings is 9. The van der Waals surface area contributed by atoms with Crippen LogP contribution in [0.1, 0.15) is 0 Å². The molecule has 11 aromatic rings. The van der Waals surface area contributed by atoms with Gasteiger partial charge in [-0.25, -0.2) is 9.97 Å². The number of para-hydroxylation sites is 1. The van der Waals surface area contributed by atoms with E-state index in [1.165, 1.54) is 76.1 Å². The number of aromatic nitrogens is 3. The summed E-state index contributed by atoms with van der Waals surface area (Å²) in [5.41, 5.74) is 10.3. The predicted molar refractivity (Wildman–Crippen MR) is 222 cm³/mol. The Bertz CT molecular complexity index is 3330. The van der Waals surface area contributed by atoms with E-state index >= 15 is 0 Å². The lowest BCUT2D eigenvalue weighted by Crippen LogP contribution is -2.03. The van der Waals surface area contributed by atoms with Gasteiger partial charge in [-0.1, -0.05) is 158 Å². The Hall–Kier alpha value is -7.10. The molecule has 0 unspecified atom stereocenters. The summed E-state index contributed by atoms with van der Waals surface area (Å²) in [6, 6.07) is 63.5. The highest BCUT2D eigenvalue weighted by atomic mass is 15.1. The lowest BCUT2D eigenvalue weighted by atomic mass is 9.93. The van der Waals surface area contributed by atoms with E-state index in [4.69, 9.17) is 9.97 Å². The van der Waals surface area contributed by atoms with Crippen molar-refractivity contribution in [3.63, 3.8) is 0 Å². The summed E-state index contributed by atoms with van der Waals surface area (Å²) < 4.78 is 2.38. The van der Waals surface area contributed by atoms with Crippen LogP contribution in [0.5, 0.6) is 0 Å². The third-order valence-corrected chi connectivity index (χ3v) is 11.3. The fraction of sp³-hybridized carbons (Fsp3) is 0. The third-order valence-electron chi connectivity index (χ3n) is 11.3. The first-order chi connectivity index (χ1) is 26.3. The lowest BCUT2D eigenvalue weighted by Gasteiger charge is -2.15. The maximum atomic E-state index is 5.48. The van der Waals surface area contributed by atoms with Crippen LogP contribution in [0.4, 0.5) is 0 Å². The molecule has 0 aliphatic heterocycles. The van der Waals surface area contributed by atoms with Crippen molar-refractivity contribution in [2.45, 2.75) is 0 Å². The minimum Gasteiger partial charge on any atom is -0.293 e. The van der Waals surface area contributed by atoms with Crippen molar-refractivity contribution in [1.29, 1.82) is 0 Å². The second-order valence-electron chi connectivity index (χ2n) is 14.1. The van der Waals surface area contributed by atoms with Gasteiger partial charge in [-0.3, -0.25) is 4.57 Å². The predicted octanol–water partition coefficient (Wildman–Crippen LogP) is 13.2. The average Bonchev–Trinajstić information content (AvgIpc) is 3.75. The van der Waals surface area contributed by atoms with Gasteiger partial charge < -0.3 is 0 Å². The van der Waals surface area contributed by atoms with Crippen molar-refractivity contribution >= 4 is 64.9 Å². The molecule has 53 heavy (non-hydrogen) atoms. The van der Waals surface area contributed by atoms with Crippen molar-refractivity contribution < 1.29 is 0 Å². The first kappa shape index (κ1) is 28.6. The van der Waals surface area contributed by atoms with Gasteiger partial charge in [0.05, 0.1) is 16.7 Å². The van der Waals surface area contributed by atoms with Crippen LogP contribution < -0.4 is 0 Å². The van der Waals surface area contributed by atoms with E-state index in [0.717, 1.165) is 33.7 Å². The molecule has 0 spiro atoms. The van der Waals surface area contributed by atoms with Crippen LogP contribution in [0, 0.1) is 0 Å². The van der Waals surface area contributed by atoms with Crippen LogP contribution in [0.2, 0.25) is 0 Å². The molecule has 2 aromatic heterocycles. The molecule has 1 aliphatic carbocycles. The molecular weight excluding hydrogens is 643 g/mol. The zero-order valence-electron chi connectivity index (χ0n) is 28.6. The van der Waals surface area contributed by atoms with Crippen molar-refractivity contribution in [3.05, 3.63) is 176 Å². The molecule has 12 rings (SSSR count). The van der Waals surface area contributed by atoms with Gasteiger partial charge in [-0.2, -0.15) is 0 Å². The first-order valence-corrected chi connectivity index (χ1v) is 18.2. The van der Waals surface area contributed by atoms with Gasteiger partial charge in [-0.15, -0.1) is 0 Å². The first-order valence-electron chi connectivity index (χ1n) is 18.2. The zero-order chi connectivity index (χ0) is 34.6. The number of rotatable bonds is 3. The molecule has 0 N–H and O–H groups in total. The molecule has 0 amide bonds. The van der Waals surface area contributed by atoms with Crippen LogP contribution in [0.25, 0.3) is 116 Å². The molecule has 0 bridgehead atoms. The molecule has 2 heterocycles.